The summed E-state index contributed by atoms with van der Waals surface area (Å²) in [6, 6.07) is 14.8. The molecule has 0 spiro atoms. The average Bonchev–Trinajstić information content (AvgIpc) is 3.51. The Balaban J connectivity index is 1.52. The highest BCUT2D eigenvalue weighted by atomic mass is 32.2. The van der Waals surface area contributed by atoms with Gasteiger partial charge in [0.1, 0.15) is 16.4 Å². The standard InChI is InChI=1S/C34H34F5NO6S/c1-32(34(37,38)39,46-20-22-5-3-2-4-6-22)28-16-11-25(19-29(28)36)33(47(44,45)27-14-12-26(35)13-15-27)17-18-40(21-33)30(41)23-7-9-24(10-8-23)31(42)43/h2-6,11-16,19,23-24H,7-10,17-18,20-21H2,1H3,(H,42,43)/t23-,24-,32?,33-/m0/s1. The Hall–Kier alpha value is -3.84. The van der Waals surface area contributed by atoms with Crippen LogP contribution in [-0.4, -0.2) is 49.6 Å². The number of ether oxygens (including phenoxy) is 1. The zero-order chi connectivity index (χ0) is 34.2. The lowest BCUT2D eigenvalue weighted by molar-refractivity contribution is -0.282. The normalized spacial score (nSPS) is 23.3. The Kier molecular flexibility index (Phi) is 9.53. The van der Waals surface area contributed by atoms with Gasteiger partial charge in [0.15, 0.2) is 15.4 Å². The van der Waals surface area contributed by atoms with Crippen molar-refractivity contribution in [1.29, 1.82) is 0 Å². The monoisotopic (exact) mass is 679 g/mol. The molecule has 3 aromatic rings. The van der Waals surface area contributed by atoms with Gasteiger partial charge in [-0.3, -0.25) is 9.59 Å². The average molecular weight is 680 g/mol. The number of carboxylic acids is 1. The van der Waals surface area contributed by atoms with Crippen LogP contribution in [0.4, 0.5) is 22.0 Å². The van der Waals surface area contributed by atoms with E-state index < -0.39 is 74.5 Å². The molecule has 2 atom stereocenters. The second-order valence-corrected chi connectivity index (χ2v) is 14.6. The van der Waals surface area contributed by atoms with Gasteiger partial charge in [-0.25, -0.2) is 17.2 Å². The summed E-state index contributed by atoms with van der Waals surface area (Å²) >= 11 is 0. The summed E-state index contributed by atoms with van der Waals surface area (Å²) in [5.41, 5.74) is -3.68. The van der Waals surface area contributed by atoms with E-state index >= 15 is 4.39 Å². The highest BCUT2D eigenvalue weighted by Gasteiger charge is 2.57. The van der Waals surface area contributed by atoms with Gasteiger partial charge in [-0.1, -0.05) is 42.5 Å². The highest BCUT2D eigenvalue weighted by molar-refractivity contribution is 7.92. The molecule has 3 aromatic carbocycles. The summed E-state index contributed by atoms with van der Waals surface area (Å²) in [5.74, 6) is -4.48. The quantitative estimate of drug-likeness (QED) is 0.198. The van der Waals surface area contributed by atoms with Crippen LogP contribution in [0.15, 0.2) is 77.7 Å². The van der Waals surface area contributed by atoms with Gasteiger partial charge < -0.3 is 14.7 Å². The number of carbonyl (C=O) groups excluding carboxylic acids is 1. The maximum atomic E-state index is 16.0. The van der Waals surface area contributed by atoms with E-state index in [0.717, 1.165) is 42.5 Å². The van der Waals surface area contributed by atoms with Gasteiger partial charge in [-0.15, -0.1) is 0 Å². The van der Waals surface area contributed by atoms with Gasteiger partial charge in [0, 0.05) is 24.6 Å². The fourth-order valence-electron chi connectivity index (χ4n) is 6.56. The van der Waals surface area contributed by atoms with E-state index in [1.807, 2.05) is 0 Å². The maximum Gasteiger partial charge on any atom is 0.421 e. The number of carboxylic acid groups (broad SMARTS) is 1. The van der Waals surface area contributed by atoms with Crippen LogP contribution in [0, 0.1) is 23.5 Å². The molecule has 0 bridgehead atoms. The summed E-state index contributed by atoms with van der Waals surface area (Å²) in [6.07, 6.45) is -4.09. The van der Waals surface area contributed by atoms with E-state index in [-0.39, 0.29) is 42.2 Å². The maximum absolute atomic E-state index is 16.0. The first-order valence-corrected chi connectivity index (χ1v) is 16.6. The van der Waals surface area contributed by atoms with Crippen molar-refractivity contribution in [2.75, 3.05) is 13.1 Å². The van der Waals surface area contributed by atoms with E-state index in [0.29, 0.717) is 25.3 Å². The third-order valence-electron chi connectivity index (χ3n) is 9.53. The number of hydrogen-bond acceptors (Lipinski definition) is 5. The molecule has 5 rings (SSSR count). The Morgan fingerprint density at radius 1 is 0.936 bits per heavy atom. The molecule has 1 N–H and O–H groups in total. The first kappa shape index (κ1) is 34.5. The highest BCUT2D eigenvalue weighted by Crippen LogP contribution is 2.48. The number of likely N-dealkylation sites (tertiary alicyclic amines) is 1. The minimum atomic E-state index is -5.06. The second kappa shape index (κ2) is 13.0. The fraction of sp³-hybridized carbons (Fsp3) is 0.412. The predicted octanol–water partition coefficient (Wildman–Crippen LogP) is 6.75. The third kappa shape index (κ3) is 6.52. The first-order chi connectivity index (χ1) is 22.1. The molecular formula is C34H34F5NO6S. The van der Waals surface area contributed by atoms with Crippen LogP contribution in [0.5, 0.6) is 0 Å². The molecule has 13 heteroatoms. The largest absolute Gasteiger partial charge is 0.481 e. The summed E-state index contributed by atoms with van der Waals surface area (Å²) in [4.78, 5) is 26.0. The zero-order valence-electron chi connectivity index (χ0n) is 25.5. The number of rotatable bonds is 9. The lowest BCUT2D eigenvalue weighted by Crippen LogP contribution is -2.44. The number of sulfone groups is 1. The van der Waals surface area contributed by atoms with E-state index in [4.69, 9.17) is 4.74 Å². The number of hydrogen-bond donors (Lipinski definition) is 1. The number of nitrogens with zero attached hydrogens (tertiary/aromatic N) is 1. The number of alkyl halides is 3. The summed E-state index contributed by atoms with van der Waals surface area (Å²) < 4.78 is 105. The van der Waals surface area contributed by atoms with Crippen molar-refractivity contribution in [1.82, 2.24) is 4.90 Å². The number of benzene rings is 3. The Morgan fingerprint density at radius 3 is 2.13 bits per heavy atom. The van der Waals surface area contributed by atoms with E-state index in [1.54, 1.807) is 30.3 Å². The summed E-state index contributed by atoms with van der Waals surface area (Å²) in [6.45, 7) is -0.257. The number of aliphatic carboxylic acids is 1. The molecule has 0 radical (unpaired) electrons. The topological polar surface area (TPSA) is 101 Å². The van der Waals surface area contributed by atoms with Crippen LogP contribution < -0.4 is 0 Å². The molecule has 1 aliphatic carbocycles. The minimum Gasteiger partial charge on any atom is -0.481 e. The van der Waals surface area contributed by atoms with Crippen LogP contribution in [-0.2, 0) is 41.1 Å². The molecule has 7 nitrogen and oxygen atoms in total. The van der Waals surface area contributed by atoms with Gasteiger partial charge in [0.2, 0.25) is 5.91 Å². The predicted molar refractivity (Wildman–Crippen MR) is 161 cm³/mol. The zero-order valence-corrected chi connectivity index (χ0v) is 26.3. The molecule has 1 aliphatic heterocycles. The Bertz CT molecular complexity index is 1730. The van der Waals surface area contributed by atoms with Crippen molar-refractivity contribution >= 4 is 21.7 Å². The van der Waals surface area contributed by atoms with Crippen molar-refractivity contribution in [3.63, 3.8) is 0 Å². The molecule has 1 saturated carbocycles. The van der Waals surface area contributed by atoms with Crippen molar-refractivity contribution in [3.8, 4) is 0 Å². The smallest absolute Gasteiger partial charge is 0.421 e. The van der Waals surface area contributed by atoms with Crippen molar-refractivity contribution < 1.29 is 49.8 Å². The number of carbonyl (C=O) groups is 2. The van der Waals surface area contributed by atoms with Crippen LogP contribution in [0.2, 0.25) is 0 Å². The minimum absolute atomic E-state index is 0.0536. The molecule has 0 aromatic heterocycles. The number of amides is 1. The Labute approximate surface area is 269 Å². The lowest BCUT2D eigenvalue weighted by Gasteiger charge is -2.35. The van der Waals surface area contributed by atoms with Crippen LogP contribution >= 0.6 is 0 Å². The molecule has 2 aliphatic rings. The first-order valence-electron chi connectivity index (χ1n) is 15.2. The number of halogens is 5. The summed E-state index contributed by atoms with van der Waals surface area (Å²) in [5, 5.41) is 9.32. The summed E-state index contributed by atoms with van der Waals surface area (Å²) in [7, 11) is -4.49. The molecular weight excluding hydrogens is 645 g/mol. The molecule has 2 fully saturated rings. The van der Waals surface area contributed by atoms with Crippen molar-refractivity contribution in [2.45, 2.75) is 67.1 Å². The van der Waals surface area contributed by atoms with Gasteiger partial charge in [0.05, 0.1) is 17.4 Å². The molecule has 252 valence electrons. The van der Waals surface area contributed by atoms with Crippen LogP contribution in [0.3, 0.4) is 0 Å². The van der Waals surface area contributed by atoms with Gasteiger partial charge in [0.25, 0.3) is 0 Å². The SMILES string of the molecule is CC(OCc1ccccc1)(c1ccc([C@]2(S(=O)(=O)c3ccc(F)cc3)CCN(C(=O)[C@H]3CC[C@H](C(=O)O)CC3)C2)cc1F)C(F)(F)F. The van der Waals surface area contributed by atoms with E-state index in [2.05, 4.69) is 0 Å². The third-order valence-corrected chi connectivity index (χ3v) is 12.0. The van der Waals surface area contributed by atoms with Gasteiger partial charge in [-0.2, -0.15) is 13.2 Å². The molecule has 1 unspecified atom stereocenters. The van der Waals surface area contributed by atoms with Crippen molar-refractivity contribution in [2.24, 2.45) is 11.8 Å². The molecule has 1 heterocycles. The van der Waals surface area contributed by atoms with E-state index in [1.165, 1.54) is 4.90 Å². The Morgan fingerprint density at radius 2 is 1.55 bits per heavy atom. The second-order valence-electron chi connectivity index (χ2n) is 12.3. The molecule has 1 amide bonds. The van der Waals surface area contributed by atoms with Gasteiger partial charge in [-0.05, 0) is 80.5 Å². The molecule has 1 saturated heterocycles. The molecule has 47 heavy (non-hydrogen) atoms. The van der Waals surface area contributed by atoms with Gasteiger partial charge >= 0.3 is 12.1 Å². The fourth-order valence-corrected chi connectivity index (χ4v) is 8.63. The van der Waals surface area contributed by atoms with E-state index in [9.17, 15) is 40.7 Å². The van der Waals surface area contributed by atoms with Crippen LogP contribution in [0.1, 0.15) is 55.7 Å². The van der Waals surface area contributed by atoms with Crippen LogP contribution in [0.25, 0.3) is 0 Å². The van der Waals surface area contributed by atoms with Crippen molar-refractivity contribution in [3.05, 3.63) is 101 Å². The lowest BCUT2D eigenvalue weighted by atomic mass is 9.81.